The zero-order chi connectivity index (χ0) is 21.6. The second kappa shape index (κ2) is 9.41. The Labute approximate surface area is 181 Å². The van der Waals surface area contributed by atoms with Crippen LogP contribution in [0, 0.1) is 6.92 Å². The quantitative estimate of drug-likeness (QED) is 0.323. The van der Waals surface area contributed by atoms with E-state index in [-0.39, 0.29) is 5.97 Å². The molecule has 0 saturated carbocycles. The number of benzene rings is 3. The van der Waals surface area contributed by atoms with Gasteiger partial charge >= 0.3 is 181 Å². The SMILES string of the molecule is Cc1ccc([PH](C/C=C/C(=O)OC(C)(C)C)(c2ccccc2)c2ccccc2)cc1. The molecule has 0 heterocycles. The zero-order valence-corrected chi connectivity index (χ0v) is 19.3. The molecule has 0 radical (unpaired) electrons. The molecule has 30 heavy (non-hydrogen) atoms. The summed E-state index contributed by atoms with van der Waals surface area (Å²) in [6, 6.07) is 30.3. The Hall–Kier alpha value is -2.70. The number of aryl methyl sites for hydroxylation is 1. The average Bonchev–Trinajstić information content (AvgIpc) is 2.72. The Morgan fingerprint density at radius 1 is 0.800 bits per heavy atom. The molecule has 2 nitrogen and oxygen atoms in total. The molecule has 0 bridgehead atoms. The summed E-state index contributed by atoms with van der Waals surface area (Å²) >= 11 is 0. The van der Waals surface area contributed by atoms with Gasteiger partial charge in [-0.2, -0.15) is 0 Å². The van der Waals surface area contributed by atoms with E-state index in [0.29, 0.717) is 0 Å². The van der Waals surface area contributed by atoms with Gasteiger partial charge in [0, 0.05) is 0 Å². The summed E-state index contributed by atoms with van der Waals surface area (Å²) in [5.74, 6) is -0.296. The van der Waals surface area contributed by atoms with Crippen LogP contribution in [0.25, 0.3) is 0 Å². The third kappa shape index (κ3) is 5.26. The minimum absolute atomic E-state index is 0.296. The maximum atomic E-state index is 12.3. The molecular weight excluding hydrogens is 387 g/mol. The number of carbonyl (C=O) groups is 1. The standard InChI is InChI=1S/C27H31O2P/c1-22-17-19-25(20-18-22)30(23-12-7-5-8-13-23,24-14-9-6-10-15-24)21-11-16-26(28)29-27(2,3)4/h5-20,30H,21H2,1-4H3/b16-11+. The number of allylic oxidation sites excluding steroid dienone is 1. The molecule has 0 amide bonds. The van der Waals surface area contributed by atoms with E-state index in [1.54, 1.807) is 6.08 Å². The number of rotatable bonds is 6. The molecule has 0 saturated heterocycles. The second-order valence-electron chi connectivity index (χ2n) is 8.64. The Bertz CT molecular complexity index is 945. The molecule has 0 aliphatic rings. The van der Waals surface area contributed by atoms with Crippen molar-refractivity contribution in [1.29, 1.82) is 0 Å². The Morgan fingerprint density at radius 2 is 1.27 bits per heavy atom. The van der Waals surface area contributed by atoms with Crippen LogP contribution < -0.4 is 15.9 Å². The van der Waals surface area contributed by atoms with Crippen molar-refractivity contribution in [3.63, 3.8) is 0 Å². The van der Waals surface area contributed by atoms with E-state index in [9.17, 15) is 4.79 Å². The van der Waals surface area contributed by atoms with Gasteiger partial charge in [-0.05, 0) is 0 Å². The van der Waals surface area contributed by atoms with Gasteiger partial charge in [0.15, 0.2) is 0 Å². The summed E-state index contributed by atoms with van der Waals surface area (Å²) in [6.07, 6.45) is 4.37. The van der Waals surface area contributed by atoms with Gasteiger partial charge in [-0.3, -0.25) is 0 Å². The maximum absolute atomic E-state index is 12.3. The molecule has 3 aromatic carbocycles. The van der Waals surface area contributed by atoms with Gasteiger partial charge in [0.2, 0.25) is 0 Å². The van der Waals surface area contributed by atoms with E-state index in [2.05, 4.69) is 91.9 Å². The third-order valence-electron chi connectivity index (χ3n) is 5.16. The predicted octanol–water partition coefficient (Wildman–Crippen LogP) is 4.92. The van der Waals surface area contributed by atoms with E-state index in [1.807, 2.05) is 26.8 Å². The molecule has 3 rings (SSSR count). The van der Waals surface area contributed by atoms with Crippen molar-refractivity contribution in [2.75, 3.05) is 6.16 Å². The number of ether oxygens (including phenoxy) is 1. The third-order valence-corrected chi connectivity index (χ3v) is 9.97. The molecular formula is C27H31O2P. The van der Waals surface area contributed by atoms with Crippen LogP contribution in [0.15, 0.2) is 97.1 Å². The van der Waals surface area contributed by atoms with E-state index < -0.39 is 12.9 Å². The van der Waals surface area contributed by atoms with Crippen LogP contribution >= 0.6 is 7.26 Å². The zero-order valence-electron chi connectivity index (χ0n) is 18.3. The molecule has 0 fully saturated rings. The first-order valence-corrected chi connectivity index (χ1v) is 12.6. The number of hydrogen-bond acceptors (Lipinski definition) is 2. The van der Waals surface area contributed by atoms with Crippen molar-refractivity contribution in [2.45, 2.75) is 33.3 Å². The monoisotopic (exact) mass is 418 g/mol. The average molecular weight is 419 g/mol. The second-order valence-corrected chi connectivity index (χ2v) is 12.6. The van der Waals surface area contributed by atoms with Gasteiger partial charge in [-0.1, -0.05) is 0 Å². The molecule has 3 heteroatoms. The van der Waals surface area contributed by atoms with E-state index in [1.165, 1.54) is 21.5 Å². The molecule has 0 spiro atoms. The molecule has 0 N–H and O–H groups in total. The fraction of sp³-hybridized carbons (Fsp3) is 0.222. The number of esters is 1. The van der Waals surface area contributed by atoms with Gasteiger partial charge in [-0.15, -0.1) is 0 Å². The van der Waals surface area contributed by atoms with Crippen LogP contribution in [0.1, 0.15) is 26.3 Å². The predicted molar refractivity (Wildman–Crippen MR) is 131 cm³/mol. The van der Waals surface area contributed by atoms with Gasteiger partial charge in [-0.25, -0.2) is 0 Å². The van der Waals surface area contributed by atoms with Crippen molar-refractivity contribution < 1.29 is 9.53 Å². The van der Waals surface area contributed by atoms with E-state index in [0.717, 1.165) is 6.16 Å². The Morgan fingerprint density at radius 3 is 1.73 bits per heavy atom. The summed E-state index contributed by atoms with van der Waals surface area (Å²) in [6.45, 7) is 7.77. The normalized spacial score (nSPS) is 12.7. The summed E-state index contributed by atoms with van der Waals surface area (Å²) < 4.78 is 5.48. The van der Waals surface area contributed by atoms with Crippen LogP contribution in [-0.2, 0) is 9.53 Å². The number of carbonyl (C=O) groups excluding carboxylic acids is 1. The Kier molecular flexibility index (Phi) is 6.90. The molecule has 0 aliphatic carbocycles. The van der Waals surface area contributed by atoms with Crippen molar-refractivity contribution in [2.24, 2.45) is 0 Å². The van der Waals surface area contributed by atoms with Crippen LogP contribution in [-0.4, -0.2) is 17.7 Å². The van der Waals surface area contributed by atoms with Crippen molar-refractivity contribution in [3.05, 3.63) is 103 Å². The van der Waals surface area contributed by atoms with Gasteiger partial charge in [0.25, 0.3) is 0 Å². The molecule has 0 unspecified atom stereocenters. The first-order chi connectivity index (χ1) is 14.3. The summed E-state index contributed by atoms with van der Waals surface area (Å²) in [4.78, 5) is 12.3. The Balaban J connectivity index is 2.11. The first-order valence-electron chi connectivity index (χ1n) is 10.4. The van der Waals surface area contributed by atoms with Crippen molar-refractivity contribution >= 4 is 29.1 Å². The van der Waals surface area contributed by atoms with Crippen molar-refractivity contribution in [3.8, 4) is 0 Å². The first kappa shape index (κ1) is 22.0. The summed E-state index contributed by atoms with van der Waals surface area (Å²) in [5.41, 5.74) is 0.748. The van der Waals surface area contributed by atoms with E-state index >= 15 is 0 Å². The van der Waals surface area contributed by atoms with Gasteiger partial charge < -0.3 is 0 Å². The van der Waals surface area contributed by atoms with Crippen LogP contribution in [0.2, 0.25) is 0 Å². The van der Waals surface area contributed by atoms with E-state index in [4.69, 9.17) is 4.74 Å². The minimum atomic E-state index is -2.37. The van der Waals surface area contributed by atoms with Crippen LogP contribution in [0.3, 0.4) is 0 Å². The molecule has 3 aromatic rings. The molecule has 0 atom stereocenters. The fourth-order valence-corrected chi connectivity index (χ4v) is 8.24. The fourth-order valence-electron chi connectivity index (χ4n) is 3.80. The van der Waals surface area contributed by atoms with Crippen molar-refractivity contribution in [1.82, 2.24) is 0 Å². The topological polar surface area (TPSA) is 26.3 Å². The molecule has 0 aliphatic heterocycles. The van der Waals surface area contributed by atoms with Gasteiger partial charge in [0.05, 0.1) is 0 Å². The van der Waals surface area contributed by atoms with Crippen LogP contribution in [0.4, 0.5) is 0 Å². The molecule has 156 valence electrons. The van der Waals surface area contributed by atoms with Gasteiger partial charge in [0.1, 0.15) is 0 Å². The summed E-state index contributed by atoms with van der Waals surface area (Å²) in [7, 11) is -2.37. The number of hydrogen-bond donors (Lipinski definition) is 0. The van der Waals surface area contributed by atoms with Crippen LogP contribution in [0.5, 0.6) is 0 Å². The molecule has 0 aromatic heterocycles. The summed E-state index contributed by atoms with van der Waals surface area (Å²) in [5, 5.41) is 3.99.